The van der Waals surface area contributed by atoms with Gasteiger partial charge in [-0.25, -0.2) is 0 Å². The molecule has 25 heavy (non-hydrogen) atoms. The average Bonchev–Trinajstić information content (AvgIpc) is 3.06. The Morgan fingerprint density at radius 3 is 2.68 bits per heavy atom. The highest BCUT2D eigenvalue weighted by Crippen LogP contribution is 2.27. The fourth-order valence-corrected chi connectivity index (χ4v) is 4.05. The van der Waals surface area contributed by atoms with Gasteiger partial charge in [-0.2, -0.15) is 0 Å². The molecule has 0 saturated carbocycles. The van der Waals surface area contributed by atoms with Crippen LogP contribution in [0.4, 0.5) is 0 Å². The minimum absolute atomic E-state index is 0.0847. The predicted molar refractivity (Wildman–Crippen MR) is 94.8 cm³/mol. The molecule has 2 aliphatic rings. The quantitative estimate of drug-likeness (QED) is 0.927. The summed E-state index contributed by atoms with van der Waals surface area (Å²) in [6.07, 6.45) is 6.30. The van der Waals surface area contributed by atoms with E-state index >= 15 is 0 Å². The van der Waals surface area contributed by atoms with Gasteiger partial charge in [-0.3, -0.25) is 14.6 Å². The molecule has 0 bridgehead atoms. The highest BCUT2D eigenvalue weighted by molar-refractivity contribution is 5.82. The van der Waals surface area contributed by atoms with Crippen molar-refractivity contribution < 1.29 is 9.59 Å². The Morgan fingerprint density at radius 2 is 1.96 bits per heavy atom. The van der Waals surface area contributed by atoms with Gasteiger partial charge in [0.15, 0.2) is 0 Å². The van der Waals surface area contributed by atoms with Crippen LogP contribution >= 0.6 is 0 Å². The van der Waals surface area contributed by atoms with Gasteiger partial charge in [0.2, 0.25) is 11.8 Å². The summed E-state index contributed by atoms with van der Waals surface area (Å²) in [6, 6.07) is 4.07. The standard InChI is InChI=1S/C19H24N4O2/c1-13(24)22-8-4-16(5-9-22)19(25)23-11-14(12-23)10-17-18-15(2-6-20-17)3-7-21-18/h2-3,6-7,14,16,21H,4-5,8-12H2,1H3. The van der Waals surface area contributed by atoms with E-state index in [1.54, 1.807) is 6.92 Å². The highest BCUT2D eigenvalue weighted by atomic mass is 16.2. The van der Waals surface area contributed by atoms with Crippen molar-refractivity contribution in [1.82, 2.24) is 19.8 Å². The van der Waals surface area contributed by atoms with Gasteiger partial charge >= 0.3 is 0 Å². The number of H-pyrrole nitrogens is 1. The van der Waals surface area contributed by atoms with Crippen LogP contribution in [0.25, 0.3) is 10.9 Å². The molecule has 2 aliphatic heterocycles. The van der Waals surface area contributed by atoms with Crippen LogP contribution in [0.2, 0.25) is 0 Å². The van der Waals surface area contributed by atoms with E-state index in [-0.39, 0.29) is 17.7 Å². The summed E-state index contributed by atoms with van der Waals surface area (Å²) in [5.74, 6) is 0.954. The Labute approximate surface area is 147 Å². The molecule has 2 saturated heterocycles. The average molecular weight is 340 g/mol. The van der Waals surface area contributed by atoms with Crippen LogP contribution in [0.5, 0.6) is 0 Å². The fraction of sp³-hybridized carbons (Fsp3) is 0.526. The first kappa shape index (κ1) is 16.1. The molecule has 2 aromatic heterocycles. The van der Waals surface area contributed by atoms with E-state index in [2.05, 4.69) is 16.0 Å². The second kappa shape index (κ2) is 6.50. The Balaban J connectivity index is 1.30. The number of nitrogens with one attached hydrogen (secondary N) is 1. The van der Waals surface area contributed by atoms with Crippen molar-refractivity contribution in [1.29, 1.82) is 0 Å². The van der Waals surface area contributed by atoms with Crippen LogP contribution in [0.3, 0.4) is 0 Å². The zero-order valence-electron chi connectivity index (χ0n) is 14.6. The molecule has 2 fully saturated rings. The zero-order chi connectivity index (χ0) is 17.4. The van der Waals surface area contributed by atoms with Gasteiger partial charge in [0.1, 0.15) is 0 Å². The third-order valence-electron chi connectivity index (χ3n) is 5.59. The normalized spacial score (nSPS) is 19.2. The molecule has 0 atom stereocenters. The molecular formula is C19H24N4O2. The van der Waals surface area contributed by atoms with E-state index < -0.39 is 0 Å². The predicted octanol–water partition coefficient (Wildman–Crippen LogP) is 1.82. The molecular weight excluding hydrogens is 316 g/mol. The number of piperidine rings is 1. The minimum atomic E-state index is 0.0847. The smallest absolute Gasteiger partial charge is 0.225 e. The number of nitrogens with zero attached hydrogens (tertiary/aromatic N) is 3. The number of fused-ring (bicyclic) bond motifs is 1. The number of rotatable bonds is 3. The van der Waals surface area contributed by atoms with Gasteiger partial charge in [-0.05, 0) is 37.3 Å². The Hall–Kier alpha value is -2.37. The second-order valence-corrected chi connectivity index (χ2v) is 7.29. The van der Waals surface area contributed by atoms with E-state index in [0.29, 0.717) is 19.0 Å². The lowest BCUT2D eigenvalue weighted by atomic mass is 9.89. The first-order valence-corrected chi connectivity index (χ1v) is 9.07. The summed E-state index contributed by atoms with van der Waals surface area (Å²) in [4.78, 5) is 35.6. The maximum Gasteiger partial charge on any atom is 0.225 e. The number of aromatic nitrogens is 2. The first-order chi connectivity index (χ1) is 12.1. The van der Waals surface area contributed by atoms with Gasteiger partial charge in [-0.1, -0.05) is 0 Å². The topological polar surface area (TPSA) is 69.3 Å². The molecule has 4 heterocycles. The summed E-state index contributed by atoms with van der Waals surface area (Å²) >= 11 is 0. The maximum atomic E-state index is 12.6. The van der Waals surface area contributed by atoms with Gasteiger partial charge in [0.05, 0.1) is 11.2 Å². The van der Waals surface area contributed by atoms with Crippen molar-refractivity contribution in [3.05, 3.63) is 30.2 Å². The SMILES string of the molecule is CC(=O)N1CCC(C(=O)N2CC(Cc3nccc4cc[nH]c34)C2)CC1. The van der Waals surface area contributed by atoms with Crippen molar-refractivity contribution in [2.24, 2.45) is 11.8 Å². The molecule has 6 nitrogen and oxygen atoms in total. The van der Waals surface area contributed by atoms with Gasteiger partial charge in [-0.15, -0.1) is 0 Å². The Bertz CT molecular complexity index is 786. The van der Waals surface area contributed by atoms with Crippen molar-refractivity contribution in [3.8, 4) is 0 Å². The molecule has 4 rings (SSSR count). The molecule has 6 heteroatoms. The summed E-state index contributed by atoms with van der Waals surface area (Å²) < 4.78 is 0. The largest absolute Gasteiger partial charge is 0.360 e. The molecule has 132 valence electrons. The molecule has 0 spiro atoms. The number of hydrogen-bond donors (Lipinski definition) is 1. The number of carbonyl (C=O) groups is 2. The summed E-state index contributed by atoms with van der Waals surface area (Å²) in [6.45, 7) is 4.67. The van der Waals surface area contributed by atoms with Crippen LogP contribution in [0.15, 0.2) is 24.5 Å². The fourth-order valence-electron chi connectivity index (χ4n) is 4.05. The lowest BCUT2D eigenvalue weighted by Gasteiger charge is -2.42. The number of likely N-dealkylation sites (tertiary alicyclic amines) is 2. The van der Waals surface area contributed by atoms with Crippen LogP contribution in [-0.2, 0) is 16.0 Å². The van der Waals surface area contributed by atoms with Crippen LogP contribution in [0, 0.1) is 11.8 Å². The third kappa shape index (κ3) is 3.13. The summed E-state index contributed by atoms with van der Waals surface area (Å²) in [7, 11) is 0. The minimum Gasteiger partial charge on any atom is -0.360 e. The van der Waals surface area contributed by atoms with Crippen molar-refractivity contribution >= 4 is 22.7 Å². The van der Waals surface area contributed by atoms with E-state index in [1.165, 1.54) is 5.39 Å². The Morgan fingerprint density at radius 1 is 1.20 bits per heavy atom. The van der Waals surface area contributed by atoms with E-state index in [9.17, 15) is 9.59 Å². The first-order valence-electron chi connectivity index (χ1n) is 9.07. The monoisotopic (exact) mass is 340 g/mol. The van der Waals surface area contributed by atoms with Gasteiger partial charge in [0.25, 0.3) is 0 Å². The second-order valence-electron chi connectivity index (χ2n) is 7.29. The molecule has 0 radical (unpaired) electrons. The molecule has 2 aromatic rings. The Kier molecular flexibility index (Phi) is 4.19. The molecule has 0 unspecified atom stereocenters. The third-order valence-corrected chi connectivity index (χ3v) is 5.59. The van der Waals surface area contributed by atoms with Crippen LogP contribution in [-0.4, -0.2) is 57.8 Å². The van der Waals surface area contributed by atoms with Crippen LogP contribution in [0.1, 0.15) is 25.5 Å². The van der Waals surface area contributed by atoms with Gasteiger partial charge < -0.3 is 14.8 Å². The lowest BCUT2D eigenvalue weighted by Crippen LogP contribution is -2.54. The van der Waals surface area contributed by atoms with E-state index in [1.807, 2.05) is 28.3 Å². The van der Waals surface area contributed by atoms with Crippen molar-refractivity contribution in [2.45, 2.75) is 26.2 Å². The van der Waals surface area contributed by atoms with Crippen molar-refractivity contribution in [3.63, 3.8) is 0 Å². The molecule has 2 amide bonds. The van der Waals surface area contributed by atoms with E-state index in [4.69, 9.17) is 0 Å². The number of amides is 2. The molecule has 0 aromatic carbocycles. The zero-order valence-corrected chi connectivity index (χ0v) is 14.6. The lowest BCUT2D eigenvalue weighted by molar-refractivity contribution is -0.145. The summed E-state index contributed by atoms with van der Waals surface area (Å²) in [5, 5.41) is 1.19. The van der Waals surface area contributed by atoms with E-state index in [0.717, 1.165) is 43.6 Å². The summed E-state index contributed by atoms with van der Waals surface area (Å²) in [5.41, 5.74) is 2.21. The highest BCUT2D eigenvalue weighted by Gasteiger charge is 2.36. The number of hydrogen-bond acceptors (Lipinski definition) is 3. The van der Waals surface area contributed by atoms with Crippen molar-refractivity contribution in [2.75, 3.05) is 26.2 Å². The number of aromatic amines is 1. The van der Waals surface area contributed by atoms with Crippen LogP contribution < -0.4 is 0 Å². The molecule has 0 aliphatic carbocycles. The maximum absolute atomic E-state index is 12.6. The number of pyridine rings is 1. The van der Waals surface area contributed by atoms with Gasteiger partial charge in [0, 0.05) is 56.8 Å². The molecule has 1 N–H and O–H groups in total. The number of carbonyl (C=O) groups excluding carboxylic acids is 2.